The molecule has 48 heavy (non-hydrogen) atoms. The van der Waals surface area contributed by atoms with Crippen LogP contribution in [0, 0.1) is 11.6 Å². The fourth-order valence-electron chi connectivity index (χ4n) is 5.35. The summed E-state index contributed by atoms with van der Waals surface area (Å²) in [4.78, 5) is 40.4. The van der Waals surface area contributed by atoms with Gasteiger partial charge in [-0.05, 0) is 39.0 Å². The van der Waals surface area contributed by atoms with Crippen LogP contribution in [0.1, 0.15) is 20.8 Å². The van der Waals surface area contributed by atoms with E-state index in [1.165, 1.54) is 25.4 Å². The van der Waals surface area contributed by atoms with E-state index in [9.17, 15) is 22.4 Å². The van der Waals surface area contributed by atoms with Crippen molar-refractivity contribution in [3.63, 3.8) is 0 Å². The first-order valence-electron chi connectivity index (χ1n) is 15.1. The van der Waals surface area contributed by atoms with Crippen LogP contribution in [0.2, 0.25) is 0 Å². The molecule has 0 spiro atoms. The molecule has 0 saturated carbocycles. The Morgan fingerprint density at radius 3 is 2.42 bits per heavy atom. The molecule has 2 aromatic carbocycles. The van der Waals surface area contributed by atoms with Crippen LogP contribution in [-0.2, 0) is 24.1 Å². The van der Waals surface area contributed by atoms with E-state index in [-0.39, 0.29) is 29.8 Å². The van der Waals surface area contributed by atoms with E-state index < -0.39 is 44.1 Å². The van der Waals surface area contributed by atoms with Gasteiger partial charge in [0.2, 0.25) is 11.9 Å². The van der Waals surface area contributed by atoms with Gasteiger partial charge in [-0.1, -0.05) is 18.2 Å². The minimum atomic E-state index is -3.84. The van der Waals surface area contributed by atoms with Crippen LogP contribution in [-0.4, -0.2) is 103 Å². The smallest absolute Gasteiger partial charge is 0.410 e. The minimum Gasteiger partial charge on any atom is -0.444 e. The molecule has 1 unspecified atom stereocenters. The molecular formula is C32H37F2N7O6S. The molecule has 1 fully saturated rings. The first kappa shape index (κ1) is 34.7. The van der Waals surface area contributed by atoms with Crippen molar-refractivity contribution >= 4 is 50.1 Å². The van der Waals surface area contributed by atoms with Gasteiger partial charge in [0.1, 0.15) is 22.2 Å². The third-order valence-electron chi connectivity index (χ3n) is 7.62. The number of hydrogen-bond donors (Lipinski definition) is 3. The van der Waals surface area contributed by atoms with E-state index in [2.05, 4.69) is 25.6 Å². The first-order chi connectivity index (χ1) is 22.7. The van der Waals surface area contributed by atoms with E-state index in [1.54, 1.807) is 43.9 Å². The topological polar surface area (TPSA) is 159 Å². The Labute approximate surface area is 276 Å². The van der Waals surface area contributed by atoms with Crippen molar-refractivity contribution in [1.29, 1.82) is 0 Å². The fraction of sp³-hybridized carbons (Fsp3) is 0.375. The molecule has 3 N–H and O–H groups in total. The van der Waals surface area contributed by atoms with Gasteiger partial charge in [-0.25, -0.2) is 32.0 Å². The highest BCUT2D eigenvalue weighted by Crippen LogP contribution is 2.34. The van der Waals surface area contributed by atoms with Crippen LogP contribution >= 0.6 is 0 Å². The number of benzene rings is 2. The van der Waals surface area contributed by atoms with Crippen LogP contribution in [0.25, 0.3) is 22.2 Å². The highest BCUT2D eigenvalue weighted by atomic mass is 32.2. The molecule has 1 aliphatic rings. The number of carbonyl (C=O) groups is 2. The van der Waals surface area contributed by atoms with Gasteiger partial charge in [0.05, 0.1) is 29.7 Å². The quantitative estimate of drug-likeness (QED) is 0.228. The molecule has 2 aromatic heterocycles. The lowest BCUT2D eigenvalue weighted by Gasteiger charge is -2.38. The summed E-state index contributed by atoms with van der Waals surface area (Å²) >= 11 is 0. The summed E-state index contributed by atoms with van der Waals surface area (Å²) in [6, 6.07) is 8.28. The molecule has 2 amide bonds. The number of nitrogens with zero attached hydrogens (tertiary/aromatic N) is 4. The van der Waals surface area contributed by atoms with Crippen molar-refractivity contribution in [2.24, 2.45) is 0 Å². The molecule has 256 valence electrons. The van der Waals surface area contributed by atoms with Crippen LogP contribution < -0.4 is 10.6 Å². The van der Waals surface area contributed by atoms with E-state index >= 15 is 4.39 Å². The number of carbonyl (C=O) groups excluding carboxylic acids is 2. The lowest BCUT2D eigenvalue weighted by Crippen LogP contribution is -2.56. The second-order valence-corrected chi connectivity index (χ2v) is 14.3. The third kappa shape index (κ3) is 7.72. The summed E-state index contributed by atoms with van der Waals surface area (Å²) in [5, 5.41) is 6.12. The number of nitrogens with one attached hydrogen (secondary N) is 3. The first-order valence-corrected chi connectivity index (χ1v) is 17.0. The standard InChI is InChI=1S/C32H37F2N7O6S/c1-32(2,3)47-31(43)41-14-12-40(13-15-41)24(18-46-4)29(42)37-23-10-6-8-19-20(16-35-28(19)23)27-21(33)17-36-30(39-27)38-22-9-7-11-25(26(22)34)48(5,44)45/h6-11,16-17,24,35H,12-15,18H2,1-5H3,(H,37,42)(H,36,38,39). The molecule has 1 saturated heterocycles. The Balaban J connectivity index is 1.35. The molecule has 4 aromatic rings. The maximum Gasteiger partial charge on any atom is 0.410 e. The highest BCUT2D eigenvalue weighted by molar-refractivity contribution is 7.90. The van der Waals surface area contributed by atoms with Crippen molar-refractivity contribution in [3.05, 3.63) is 60.4 Å². The van der Waals surface area contributed by atoms with Gasteiger partial charge in [-0.15, -0.1) is 0 Å². The minimum absolute atomic E-state index is 0.109. The zero-order valence-electron chi connectivity index (χ0n) is 27.1. The zero-order chi connectivity index (χ0) is 34.8. The number of sulfone groups is 1. The number of aromatic amines is 1. The summed E-state index contributed by atoms with van der Waals surface area (Å²) in [6.45, 7) is 7.16. The molecule has 16 heteroatoms. The summed E-state index contributed by atoms with van der Waals surface area (Å²) in [7, 11) is -2.34. The number of ether oxygens (including phenoxy) is 2. The maximum absolute atomic E-state index is 15.1. The van der Waals surface area contributed by atoms with Gasteiger partial charge < -0.3 is 30.0 Å². The molecule has 0 radical (unpaired) electrons. The molecule has 0 bridgehead atoms. The predicted octanol–water partition coefficient (Wildman–Crippen LogP) is 4.56. The second-order valence-electron chi connectivity index (χ2n) is 12.3. The summed E-state index contributed by atoms with van der Waals surface area (Å²) in [6.07, 6.45) is 2.94. The Morgan fingerprint density at radius 2 is 1.75 bits per heavy atom. The number of amides is 2. The third-order valence-corrected chi connectivity index (χ3v) is 8.73. The van der Waals surface area contributed by atoms with E-state index in [4.69, 9.17) is 9.47 Å². The monoisotopic (exact) mass is 685 g/mol. The second kappa shape index (κ2) is 13.8. The summed E-state index contributed by atoms with van der Waals surface area (Å²) < 4.78 is 64.8. The Kier molecular flexibility index (Phi) is 9.98. The number of rotatable bonds is 9. The van der Waals surface area contributed by atoms with Crippen LogP contribution in [0.15, 0.2) is 53.7 Å². The highest BCUT2D eigenvalue weighted by Gasteiger charge is 2.32. The van der Waals surface area contributed by atoms with E-state index in [1.807, 2.05) is 4.90 Å². The molecule has 5 rings (SSSR count). The van der Waals surface area contributed by atoms with Gasteiger partial charge in [0.15, 0.2) is 21.5 Å². The van der Waals surface area contributed by atoms with E-state index in [0.29, 0.717) is 48.3 Å². The predicted molar refractivity (Wildman–Crippen MR) is 176 cm³/mol. The van der Waals surface area contributed by atoms with Crippen LogP contribution in [0.4, 0.5) is 30.9 Å². The molecule has 0 aliphatic carbocycles. The number of H-pyrrole nitrogens is 1. The largest absolute Gasteiger partial charge is 0.444 e. The van der Waals surface area contributed by atoms with Gasteiger partial charge in [-0.3, -0.25) is 9.69 Å². The maximum atomic E-state index is 15.1. The van der Waals surface area contributed by atoms with E-state index in [0.717, 1.165) is 18.5 Å². The van der Waals surface area contributed by atoms with Crippen molar-refractivity contribution < 1.29 is 36.3 Å². The van der Waals surface area contributed by atoms with Gasteiger partial charge in [0.25, 0.3) is 0 Å². The Morgan fingerprint density at radius 1 is 1.06 bits per heavy atom. The number of aromatic nitrogens is 3. The molecular weight excluding hydrogens is 648 g/mol. The fourth-order valence-corrected chi connectivity index (χ4v) is 6.11. The Bertz CT molecular complexity index is 1940. The number of piperazine rings is 1. The average Bonchev–Trinajstić information content (AvgIpc) is 3.45. The van der Waals surface area contributed by atoms with Gasteiger partial charge >= 0.3 is 6.09 Å². The summed E-state index contributed by atoms with van der Waals surface area (Å²) in [5.41, 5.74) is 0.368. The van der Waals surface area contributed by atoms with Gasteiger partial charge in [0, 0.05) is 56.7 Å². The van der Waals surface area contributed by atoms with Crippen molar-refractivity contribution in [3.8, 4) is 11.3 Å². The van der Waals surface area contributed by atoms with Crippen molar-refractivity contribution in [2.45, 2.75) is 37.3 Å². The molecule has 13 nitrogen and oxygen atoms in total. The van der Waals surface area contributed by atoms with Crippen molar-refractivity contribution in [2.75, 3.05) is 56.8 Å². The molecule has 3 heterocycles. The van der Waals surface area contributed by atoms with Crippen LogP contribution in [0.5, 0.6) is 0 Å². The number of anilines is 3. The lowest BCUT2D eigenvalue weighted by atomic mass is 10.1. The normalized spacial score (nSPS) is 14.9. The number of hydrogen-bond acceptors (Lipinski definition) is 10. The van der Waals surface area contributed by atoms with Gasteiger partial charge in [-0.2, -0.15) is 0 Å². The SMILES string of the molecule is COCC(C(=O)Nc1cccc2c(-c3nc(Nc4cccc(S(C)(=O)=O)c4F)ncc3F)c[nH]c12)N1CCN(C(=O)OC(C)(C)C)CC1. The number of fused-ring (bicyclic) bond motifs is 1. The Hall–Kier alpha value is -4.67. The molecule has 1 aliphatic heterocycles. The number of methoxy groups -OCH3 is 1. The van der Waals surface area contributed by atoms with Crippen molar-refractivity contribution in [1.82, 2.24) is 24.8 Å². The average molecular weight is 686 g/mol. The molecule has 1 atom stereocenters. The lowest BCUT2D eigenvalue weighted by molar-refractivity contribution is -0.124. The summed E-state index contributed by atoms with van der Waals surface area (Å²) in [5.74, 6) is -2.27. The zero-order valence-corrected chi connectivity index (χ0v) is 28.0. The van der Waals surface area contributed by atoms with Crippen LogP contribution in [0.3, 0.4) is 0 Å². The number of halogens is 2. The number of para-hydroxylation sites is 1.